The lowest BCUT2D eigenvalue weighted by molar-refractivity contribution is 0.158. The largest absolute Gasteiger partial charge is 0.394 e. The van der Waals surface area contributed by atoms with E-state index in [0.717, 1.165) is 11.7 Å². The number of aliphatic hydroxyl groups is 1. The van der Waals surface area contributed by atoms with Crippen molar-refractivity contribution in [3.63, 3.8) is 0 Å². The number of nitrogens with two attached hydrogens (primary N) is 1. The Morgan fingerprint density at radius 1 is 1.60 bits per heavy atom. The third-order valence-electron chi connectivity index (χ3n) is 3.75. The Balaban J connectivity index is 2.26. The molecule has 0 bridgehead atoms. The highest BCUT2D eigenvalue weighted by molar-refractivity contribution is 7.99. The Kier molecular flexibility index (Phi) is 5.44. The van der Waals surface area contributed by atoms with Crippen molar-refractivity contribution in [1.29, 1.82) is 0 Å². The lowest BCUT2D eigenvalue weighted by atomic mass is 9.87. The van der Waals surface area contributed by atoms with E-state index in [2.05, 4.69) is 13.8 Å². The van der Waals surface area contributed by atoms with Gasteiger partial charge >= 0.3 is 0 Å². The quantitative estimate of drug-likeness (QED) is 0.738. The zero-order valence-corrected chi connectivity index (χ0v) is 10.9. The van der Waals surface area contributed by atoms with Gasteiger partial charge in [-0.25, -0.2) is 0 Å². The number of aliphatic hydroxyl groups excluding tert-OH is 1. The van der Waals surface area contributed by atoms with Crippen LogP contribution in [0.4, 0.5) is 0 Å². The summed E-state index contributed by atoms with van der Waals surface area (Å²) in [5.74, 6) is 1.73. The molecule has 3 heteroatoms. The lowest BCUT2D eigenvalue weighted by Gasteiger charge is -2.29. The second-order valence-electron chi connectivity index (χ2n) is 4.86. The van der Waals surface area contributed by atoms with E-state index in [9.17, 15) is 5.11 Å². The summed E-state index contributed by atoms with van der Waals surface area (Å²) in [6.45, 7) is 4.67. The van der Waals surface area contributed by atoms with Crippen LogP contribution in [0.2, 0.25) is 0 Å². The van der Waals surface area contributed by atoms with Crippen molar-refractivity contribution in [2.45, 2.75) is 56.7 Å². The van der Waals surface area contributed by atoms with Crippen molar-refractivity contribution in [2.24, 2.45) is 11.7 Å². The molecule has 0 spiro atoms. The van der Waals surface area contributed by atoms with Gasteiger partial charge in [0.25, 0.3) is 0 Å². The molecule has 1 saturated carbocycles. The van der Waals surface area contributed by atoms with Gasteiger partial charge in [0.15, 0.2) is 0 Å². The Bertz CT molecular complexity index is 188. The molecule has 0 aromatic rings. The van der Waals surface area contributed by atoms with Gasteiger partial charge in [0, 0.05) is 10.8 Å². The first-order valence-electron chi connectivity index (χ1n) is 6.13. The third-order valence-corrected chi connectivity index (χ3v) is 5.12. The van der Waals surface area contributed by atoms with Gasteiger partial charge in [0.1, 0.15) is 0 Å². The van der Waals surface area contributed by atoms with Crippen LogP contribution in [-0.4, -0.2) is 28.3 Å². The normalized spacial score (nSPS) is 33.2. The molecule has 1 fully saturated rings. The second-order valence-corrected chi connectivity index (χ2v) is 6.41. The number of rotatable bonds is 6. The van der Waals surface area contributed by atoms with Crippen LogP contribution in [-0.2, 0) is 0 Å². The fourth-order valence-electron chi connectivity index (χ4n) is 2.34. The molecular weight excluding hydrogens is 206 g/mol. The van der Waals surface area contributed by atoms with Gasteiger partial charge in [-0.3, -0.25) is 0 Å². The van der Waals surface area contributed by atoms with Gasteiger partial charge in [0.2, 0.25) is 0 Å². The van der Waals surface area contributed by atoms with Gasteiger partial charge in [-0.05, 0) is 37.4 Å². The van der Waals surface area contributed by atoms with Gasteiger partial charge < -0.3 is 10.8 Å². The van der Waals surface area contributed by atoms with E-state index < -0.39 is 0 Å². The van der Waals surface area contributed by atoms with E-state index in [-0.39, 0.29) is 12.1 Å². The van der Waals surface area contributed by atoms with E-state index in [1.54, 1.807) is 0 Å². The predicted octanol–water partition coefficient (Wildman–Crippen LogP) is 2.40. The van der Waals surface area contributed by atoms with Crippen LogP contribution >= 0.6 is 11.8 Å². The molecule has 0 aliphatic heterocycles. The molecule has 1 rings (SSSR count). The molecule has 0 aromatic heterocycles. The molecular formula is C12H25NOS. The van der Waals surface area contributed by atoms with E-state index in [0.29, 0.717) is 5.92 Å². The minimum absolute atomic E-state index is 0.158. The van der Waals surface area contributed by atoms with E-state index in [4.69, 9.17) is 5.73 Å². The minimum Gasteiger partial charge on any atom is -0.394 e. The molecule has 90 valence electrons. The van der Waals surface area contributed by atoms with Crippen LogP contribution in [0.3, 0.4) is 0 Å². The lowest BCUT2D eigenvalue weighted by Crippen LogP contribution is -2.47. The number of hydrogen-bond donors (Lipinski definition) is 2. The summed E-state index contributed by atoms with van der Waals surface area (Å²) < 4.78 is 0. The molecule has 0 saturated heterocycles. The highest BCUT2D eigenvalue weighted by Gasteiger charge is 2.38. The number of hydrogen-bond acceptors (Lipinski definition) is 3. The summed E-state index contributed by atoms with van der Waals surface area (Å²) >= 11 is 2.04. The maximum absolute atomic E-state index is 9.32. The first kappa shape index (κ1) is 13.3. The fourth-order valence-corrected chi connectivity index (χ4v) is 3.40. The molecule has 1 aliphatic rings. The first-order valence-corrected chi connectivity index (χ1v) is 7.18. The molecule has 15 heavy (non-hydrogen) atoms. The predicted molar refractivity (Wildman–Crippen MR) is 68.2 cm³/mol. The molecule has 0 heterocycles. The topological polar surface area (TPSA) is 46.2 Å². The molecule has 0 radical (unpaired) electrons. The Hall–Kier alpha value is 0.270. The fraction of sp³-hybridized carbons (Fsp3) is 1.00. The highest BCUT2D eigenvalue weighted by Crippen LogP contribution is 2.36. The molecule has 0 aromatic carbocycles. The maximum atomic E-state index is 9.32. The SMILES string of the molecule is CCC(C)SCCC1CCCC1(N)CO. The first-order chi connectivity index (χ1) is 7.12. The molecule has 3 unspecified atom stereocenters. The van der Waals surface area contributed by atoms with Crippen molar-refractivity contribution in [3.8, 4) is 0 Å². The van der Waals surface area contributed by atoms with Crippen molar-refractivity contribution in [1.82, 2.24) is 0 Å². The van der Waals surface area contributed by atoms with Gasteiger partial charge in [-0.1, -0.05) is 20.3 Å². The Morgan fingerprint density at radius 2 is 2.33 bits per heavy atom. The molecule has 3 N–H and O–H groups in total. The van der Waals surface area contributed by atoms with E-state index >= 15 is 0 Å². The Morgan fingerprint density at radius 3 is 2.93 bits per heavy atom. The highest BCUT2D eigenvalue weighted by atomic mass is 32.2. The van der Waals surface area contributed by atoms with Crippen LogP contribution in [0.15, 0.2) is 0 Å². The van der Waals surface area contributed by atoms with Crippen molar-refractivity contribution < 1.29 is 5.11 Å². The standard InChI is InChI=1S/C12H25NOS/c1-3-10(2)15-8-6-11-5-4-7-12(11,13)9-14/h10-11,14H,3-9,13H2,1-2H3. The summed E-state index contributed by atoms with van der Waals surface area (Å²) in [6.07, 6.45) is 5.81. The van der Waals surface area contributed by atoms with E-state index in [1.807, 2.05) is 11.8 Å². The van der Waals surface area contributed by atoms with E-state index in [1.165, 1.54) is 31.4 Å². The van der Waals surface area contributed by atoms with Crippen LogP contribution in [0.25, 0.3) is 0 Å². The summed E-state index contributed by atoms with van der Waals surface area (Å²) in [5, 5.41) is 10.1. The average Bonchev–Trinajstić information content (AvgIpc) is 2.61. The molecule has 3 atom stereocenters. The summed E-state index contributed by atoms with van der Waals surface area (Å²) in [7, 11) is 0. The Labute approximate surface area is 98.0 Å². The minimum atomic E-state index is -0.268. The summed E-state index contributed by atoms with van der Waals surface area (Å²) in [6, 6.07) is 0. The summed E-state index contributed by atoms with van der Waals surface area (Å²) in [4.78, 5) is 0. The second kappa shape index (κ2) is 6.12. The monoisotopic (exact) mass is 231 g/mol. The maximum Gasteiger partial charge on any atom is 0.0613 e. The summed E-state index contributed by atoms with van der Waals surface area (Å²) in [5.41, 5.74) is 5.92. The smallest absolute Gasteiger partial charge is 0.0613 e. The van der Waals surface area contributed by atoms with Crippen LogP contribution < -0.4 is 5.73 Å². The van der Waals surface area contributed by atoms with Gasteiger partial charge in [0.05, 0.1) is 6.61 Å². The van der Waals surface area contributed by atoms with Gasteiger partial charge in [-0.2, -0.15) is 11.8 Å². The van der Waals surface area contributed by atoms with Crippen LogP contribution in [0.1, 0.15) is 46.0 Å². The van der Waals surface area contributed by atoms with Gasteiger partial charge in [-0.15, -0.1) is 0 Å². The third kappa shape index (κ3) is 3.65. The molecule has 2 nitrogen and oxygen atoms in total. The molecule has 0 amide bonds. The average molecular weight is 231 g/mol. The van der Waals surface area contributed by atoms with Crippen LogP contribution in [0, 0.1) is 5.92 Å². The zero-order valence-electron chi connectivity index (χ0n) is 10.0. The number of thioether (sulfide) groups is 1. The van der Waals surface area contributed by atoms with Crippen molar-refractivity contribution in [3.05, 3.63) is 0 Å². The zero-order chi connectivity index (χ0) is 11.3. The van der Waals surface area contributed by atoms with Crippen molar-refractivity contribution in [2.75, 3.05) is 12.4 Å². The molecule has 1 aliphatic carbocycles. The van der Waals surface area contributed by atoms with Crippen LogP contribution in [0.5, 0.6) is 0 Å². The van der Waals surface area contributed by atoms with Crippen molar-refractivity contribution >= 4 is 11.8 Å².